The number of ketones is 1. The maximum absolute atomic E-state index is 12.9. The van der Waals surface area contributed by atoms with Gasteiger partial charge in [0.05, 0.1) is 13.0 Å². The van der Waals surface area contributed by atoms with Crippen molar-refractivity contribution >= 4 is 17.8 Å². The lowest BCUT2D eigenvalue weighted by Gasteiger charge is -2.41. The van der Waals surface area contributed by atoms with Gasteiger partial charge in [-0.25, -0.2) is 4.79 Å². The second-order valence-corrected chi connectivity index (χ2v) is 9.79. The van der Waals surface area contributed by atoms with E-state index in [2.05, 4.69) is 0 Å². The predicted octanol–water partition coefficient (Wildman–Crippen LogP) is 1.95. The van der Waals surface area contributed by atoms with Gasteiger partial charge in [0.1, 0.15) is 58.7 Å². The number of carbonyl (C=O) groups is 2. The topological polar surface area (TPSA) is 192 Å². The van der Waals surface area contributed by atoms with Crippen molar-refractivity contribution in [2.75, 3.05) is 6.61 Å². The van der Waals surface area contributed by atoms with Gasteiger partial charge in [-0.15, -0.1) is 0 Å². The maximum Gasteiger partial charge on any atom is 0.331 e. The number of phenolic OH excluding ortho intramolecular Hbond substituents is 3. The van der Waals surface area contributed by atoms with Crippen LogP contribution in [0.5, 0.6) is 28.7 Å². The van der Waals surface area contributed by atoms with E-state index in [1.165, 1.54) is 36.4 Å². The molecule has 3 aromatic carbocycles. The number of esters is 1. The number of carbonyl (C=O) groups excluding carboxylic acids is 2. The monoisotopic (exact) mass is 580 g/mol. The SMILES string of the molecule is O=C(C=Cc1ccc(O)cc1)OC1C(Oc2cc(O)c3c(c2)OC(c2ccc(O)cc2)CC3=O)OC(CO)C(O)C1O. The van der Waals surface area contributed by atoms with E-state index in [0.29, 0.717) is 11.1 Å². The van der Waals surface area contributed by atoms with Crippen molar-refractivity contribution in [2.24, 2.45) is 0 Å². The molecule has 12 heteroatoms. The minimum atomic E-state index is -1.73. The average molecular weight is 581 g/mol. The summed E-state index contributed by atoms with van der Waals surface area (Å²) in [5.74, 6) is -1.75. The molecule has 3 aromatic rings. The standard InChI is InChI=1S/C30H28O12/c31-14-24-27(37)28(38)29(42-25(36)10-3-15-1-6-17(32)7-2-15)30(41-24)39-19-11-20(34)26-21(35)13-22(40-23(26)12-19)16-4-8-18(33)9-5-16/h1-12,22,24,27-34,37-38H,13-14H2. The van der Waals surface area contributed by atoms with Crippen molar-refractivity contribution in [1.29, 1.82) is 0 Å². The van der Waals surface area contributed by atoms with Crippen LogP contribution in [0.3, 0.4) is 0 Å². The first kappa shape index (κ1) is 28.9. The molecule has 42 heavy (non-hydrogen) atoms. The molecule has 12 nitrogen and oxygen atoms in total. The Bertz CT molecular complexity index is 1470. The molecular weight excluding hydrogens is 552 g/mol. The molecule has 1 saturated heterocycles. The highest BCUT2D eigenvalue weighted by atomic mass is 16.7. The van der Waals surface area contributed by atoms with Crippen molar-refractivity contribution in [2.45, 2.75) is 43.2 Å². The number of fused-ring (bicyclic) bond motifs is 1. The summed E-state index contributed by atoms with van der Waals surface area (Å²) >= 11 is 0. The van der Waals surface area contributed by atoms with Crippen LogP contribution in [-0.4, -0.2) is 79.7 Å². The summed E-state index contributed by atoms with van der Waals surface area (Å²) in [6.07, 6.45) is -6.09. The van der Waals surface area contributed by atoms with Gasteiger partial charge in [0.2, 0.25) is 6.29 Å². The summed E-state index contributed by atoms with van der Waals surface area (Å²) in [4.78, 5) is 25.5. The Morgan fingerprint density at radius 1 is 0.952 bits per heavy atom. The van der Waals surface area contributed by atoms with Crippen LogP contribution < -0.4 is 9.47 Å². The van der Waals surface area contributed by atoms with Crippen LogP contribution in [0.1, 0.15) is 34.0 Å². The first-order valence-electron chi connectivity index (χ1n) is 13.0. The van der Waals surface area contributed by atoms with Crippen molar-refractivity contribution in [3.63, 3.8) is 0 Å². The summed E-state index contributed by atoms with van der Waals surface area (Å²) in [5.41, 5.74) is 1.12. The minimum Gasteiger partial charge on any atom is -0.508 e. The number of ether oxygens (including phenoxy) is 4. The molecule has 6 N–H and O–H groups in total. The van der Waals surface area contributed by atoms with E-state index in [1.54, 1.807) is 24.3 Å². The maximum atomic E-state index is 12.9. The largest absolute Gasteiger partial charge is 0.508 e. The van der Waals surface area contributed by atoms with E-state index < -0.39 is 60.9 Å². The van der Waals surface area contributed by atoms with Crippen LogP contribution in [0, 0.1) is 0 Å². The summed E-state index contributed by atoms with van der Waals surface area (Å²) in [6, 6.07) is 14.5. The molecule has 0 aliphatic carbocycles. The molecule has 0 bridgehead atoms. The van der Waals surface area contributed by atoms with E-state index in [1.807, 2.05) is 0 Å². The number of aromatic hydroxyl groups is 3. The fourth-order valence-corrected chi connectivity index (χ4v) is 4.69. The van der Waals surface area contributed by atoms with E-state index in [-0.39, 0.29) is 35.0 Å². The van der Waals surface area contributed by atoms with Gasteiger partial charge in [-0.3, -0.25) is 4.79 Å². The Labute approximate surface area is 239 Å². The van der Waals surface area contributed by atoms with Crippen LogP contribution in [0.4, 0.5) is 0 Å². The van der Waals surface area contributed by atoms with Crippen molar-refractivity contribution in [1.82, 2.24) is 0 Å². The number of phenols is 3. The summed E-state index contributed by atoms with van der Waals surface area (Å²) in [6.45, 7) is -0.694. The third-order valence-electron chi connectivity index (χ3n) is 6.87. The molecule has 6 atom stereocenters. The summed E-state index contributed by atoms with van der Waals surface area (Å²) < 4.78 is 22.7. The highest BCUT2D eigenvalue weighted by molar-refractivity contribution is 6.02. The number of hydrogen-bond acceptors (Lipinski definition) is 12. The highest BCUT2D eigenvalue weighted by Gasteiger charge is 2.48. The molecule has 2 aliphatic rings. The molecule has 5 rings (SSSR count). The van der Waals surface area contributed by atoms with Gasteiger partial charge in [-0.1, -0.05) is 24.3 Å². The van der Waals surface area contributed by atoms with Gasteiger partial charge in [0.15, 0.2) is 11.9 Å². The van der Waals surface area contributed by atoms with Gasteiger partial charge in [0, 0.05) is 18.2 Å². The predicted molar refractivity (Wildman–Crippen MR) is 144 cm³/mol. The van der Waals surface area contributed by atoms with Gasteiger partial charge in [0.25, 0.3) is 0 Å². The molecule has 0 amide bonds. The van der Waals surface area contributed by atoms with E-state index >= 15 is 0 Å². The lowest BCUT2D eigenvalue weighted by molar-refractivity contribution is -0.281. The molecule has 0 aromatic heterocycles. The van der Waals surface area contributed by atoms with Gasteiger partial charge >= 0.3 is 5.97 Å². The van der Waals surface area contributed by atoms with Crippen LogP contribution in [0.25, 0.3) is 6.08 Å². The van der Waals surface area contributed by atoms with Crippen LogP contribution >= 0.6 is 0 Å². The van der Waals surface area contributed by atoms with Crippen LogP contribution in [-0.2, 0) is 14.3 Å². The second kappa shape index (κ2) is 12.1. The number of Topliss-reactive ketones (excluding diaryl/α,β-unsaturated/α-hetero) is 1. The van der Waals surface area contributed by atoms with Crippen LogP contribution in [0.15, 0.2) is 66.7 Å². The second-order valence-electron chi connectivity index (χ2n) is 9.79. The lowest BCUT2D eigenvalue weighted by Crippen LogP contribution is -2.61. The normalized spacial score (nSPS) is 25.5. The van der Waals surface area contributed by atoms with E-state index in [0.717, 1.165) is 12.1 Å². The first-order chi connectivity index (χ1) is 20.1. The minimum absolute atomic E-state index is 0.000184. The molecule has 0 radical (unpaired) electrons. The van der Waals surface area contributed by atoms with Gasteiger partial charge in [-0.05, 0) is 41.5 Å². The third kappa shape index (κ3) is 6.16. The number of hydrogen-bond donors (Lipinski definition) is 6. The van der Waals surface area contributed by atoms with Crippen molar-refractivity contribution in [3.05, 3.63) is 83.4 Å². The number of aliphatic hydroxyl groups is 3. The smallest absolute Gasteiger partial charge is 0.331 e. The zero-order chi connectivity index (χ0) is 30.0. The highest BCUT2D eigenvalue weighted by Crippen LogP contribution is 2.42. The zero-order valence-corrected chi connectivity index (χ0v) is 21.9. The average Bonchev–Trinajstić information content (AvgIpc) is 2.96. The fraction of sp³-hybridized carbons (Fsp3) is 0.267. The quantitative estimate of drug-likeness (QED) is 0.176. The molecule has 2 heterocycles. The van der Waals surface area contributed by atoms with E-state index in [4.69, 9.17) is 18.9 Å². The molecule has 0 spiro atoms. The number of benzene rings is 3. The Morgan fingerprint density at radius 2 is 1.62 bits per heavy atom. The van der Waals surface area contributed by atoms with Gasteiger partial charge < -0.3 is 49.6 Å². The Hall–Kier alpha value is -4.62. The van der Waals surface area contributed by atoms with Crippen LogP contribution in [0.2, 0.25) is 0 Å². The Morgan fingerprint density at radius 3 is 2.29 bits per heavy atom. The Balaban J connectivity index is 1.38. The molecule has 6 unspecified atom stereocenters. The van der Waals surface area contributed by atoms with Crippen molar-refractivity contribution in [3.8, 4) is 28.7 Å². The first-order valence-corrected chi connectivity index (χ1v) is 13.0. The molecule has 0 saturated carbocycles. The zero-order valence-electron chi connectivity index (χ0n) is 21.9. The third-order valence-corrected chi connectivity index (χ3v) is 6.87. The summed E-state index contributed by atoms with van der Waals surface area (Å²) in [7, 11) is 0. The number of rotatable bonds is 7. The molecule has 220 valence electrons. The lowest BCUT2D eigenvalue weighted by atomic mass is 9.95. The Kier molecular flexibility index (Phi) is 8.31. The van der Waals surface area contributed by atoms with Gasteiger partial charge in [-0.2, -0.15) is 0 Å². The van der Waals surface area contributed by atoms with Crippen molar-refractivity contribution < 1.29 is 59.2 Å². The molecular formula is C30H28O12. The molecule has 2 aliphatic heterocycles. The number of aliphatic hydroxyl groups excluding tert-OH is 3. The summed E-state index contributed by atoms with van der Waals surface area (Å²) in [5, 5.41) is 60.4. The van der Waals surface area contributed by atoms with E-state index in [9.17, 15) is 40.2 Å². The fourth-order valence-electron chi connectivity index (χ4n) is 4.69. The molecule has 1 fully saturated rings.